The lowest BCUT2D eigenvalue weighted by molar-refractivity contribution is 0.406. The van der Waals surface area contributed by atoms with E-state index in [9.17, 15) is 5.11 Å². The van der Waals surface area contributed by atoms with E-state index in [1.165, 1.54) is 0 Å². The Morgan fingerprint density at radius 3 is 2.40 bits per heavy atom. The molecule has 2 atom stereocenters. The smallest absolute Gasteiger partial charge is 0.122 e. The standard InChI is InChI=1S/C12H17NO2/c1-12(2)10(11(12)13)8-5-4-7(15-3)6-9(8)14/h4-6,10-11,14H,13H2,1-3H3/t10-,11-/m1/s1. The second-order valence-electron chi connectivity index (χ2n) is 4.75. The summed E-state index contributed by atoms with van der Waals surface area (Å²) in [6, 6.07) is 5.52. The number of ether oxygens (including phenoxy) is 1. The highest BCUT2D eigenvalue weighted by Crippen LogP contribution is 2.59. The Balaban J connectivity index is 2.32. The number of hydrogen-bond acceptors (Lipinski definition) is 3. The Hall–Kier alpha value is -1.22. The van der Waals surface area contributed by atoms with Crippen molar-refractivity contribution in [3.63, 3.8) is 0 Å². The Labute approximate surface area is 89.9 Å². The first-order valence-electron chi connectivity index (χ1n) is 5.11. The molecule has 1 aliphatic carbocycles. The topological polar surface area (TPSA) is 55.5 Å². The van der Waals surface area contributed by atoms with Gasteiger partial charge in [0.1, 0.15) is 11.5 Å². The lowest BCUT2D eigenvalue weighted by Crippen LogP contribution is -2.06. The van der Waals surface area contributed by atoms with Gasteiger partial charge in [-0.3, -0.25) is 0 Å². The fourth-order valence-electron chi connectivity index (χ4n) is 2.19. The maximum absolute atomic E-state index is 9.85. The maximum atomic E-state index is 9.85. The van der Waals surface area contributed by atoms with Crippen molar-refractivity contribution < 1.29 is 9.84 Å². The van der Waals surface area contributed by atoms with Crippen molar-refractivity contribution in [2.75, 3.05) is 7.11 Å². The molecular weight excluding hydrogens is 190 g/mol. The molecule has 2 rings (SSSR count). The third kappa shape index (κ3) is 1.47. The van der Waals surface area contributed by atoms with E-state index in [0.29, 0.717) is 5.75 Å². The first kappa shape index (κ1) is 10.3. The highest BCUT2D eigenvalue weighted by molar-refractivity contribution is 5.47. The summed E-state index contributed by atoms with van der Waals surface area (Å²) in [6.07, 6.45) is 0. The molecule has 0 amide bonds. The minimum atomic E-state index is 0.0894. The van der Waals surface area contributed by atoms with Gasteiger partial charge in [-0.05, 0) is 17.0 Å². The first-order valence-corrected chi connectivity index (χ1v) is 5.11. The predicted molar refractivity (Wildman–Crippen MR) is 59.2 cm³/mol. The summed E-state index contributed by atoms with van der Waals surface area (Å²) in [5.41, 5.74) is 6.99. The van der Waals surface area contributed by atoms with E-state index in [-0.39, 0.29) is 23.1 Å². The van der Waals surface area contributed by atoms with Crippen LogP contribution in [0.4, 0.5) is 0 Å². The Kier molecular flexibility index (Phi) is 2.15. The fourth-order valence-corrected chi connectivity index (χ4v) is 2.19. The van der Waals surface area contributed by atoms with Gasteiger partial charge in [-0.2, -0.15) is 0 Å². The largest absolute Gasteiger partial charge is 0.508 e. The SMILES string of the molecule is COc1ccc([C@@H]2[C@@H](N)C2(C)C)c(O)c1. The van der Waals surface area contributed by atoms with Crippen molar-refractivity contribution in [2.24, 2.45) is 11.1 Å². The average molecular weight is 207 g/mol. The van der Waals surface area contributed by atoms with Crippen molar-refractivity contribution in [1.29, 1.82) is 0 Å². The van der Waals surface area contributed by atoms with E-state index in [1.54, 1.807) is 13.2 Å². The molecule has 0 unspecified atom stereocenters. The Morgan fingerprint density at radius 2 is 2.00 bits per heavy atom. The summed E-state index contributed by atoms with van der Waals surface area (Å²) in [5, 5.41) is 9.85. The first-order chi connectivity index (χ1) is 6.98. The quantitative estimate of drug-likeness (QED) is 0.778. The van der Waals surface area contributed by atoms with Gasteiger partial charge in [-0.1, -0.05) is 19.9 Å². The van der Waals surface area contributed by atoms with E-state index in [0.717, 1.165) is 5.56 Å². The highest BCUT2D eigenvalue weighted by Gasteiger charge is 2.56. The zero-order valence-electron chi connectivity index (χ0n) is 9.32. The predicted octanol–water partition coefficient (Wildman–Crippen LogP) is 1.85. The van der Waals surface area contributed by atoms with Crippen LogP contribution in [0.15, 0.2) is 18.2 Å². The summed E-state index contributed by atoms with van der Waals surface area (Å²) < 4.78 is 5.04. The van der Waals surface area contributed by atoms with Gasteiger partial charge in [0.15, 0.2) is 0 Å². The van der Waals surface area contributed by atoms with Crippen LogP contribution in [0.1, 0.15) is 25.3 Å². The third-order valence-corrected chi connectivity index (χ3v) is 3.48. The molecule has 0 aromatic heterocycles. The molecule has 0 heterocycles. The van der Waals surface area contributed by atoms with Gasteiger partial charge in [-0.25, -0.2) is 0 Å². The van der Waals surface area contributed by atoms with Gasteiger partial charge >= 0.3 is 0 Å². The van der Waals surface area contributed by atoms with Crippen LogP contribution in [0.2, 0.25) is 0 Å². The molecule has 0 saturated heterocycles. The number of hydrogen-bond donors (Lipinski definition) is 2. The van der Waals surface area contributed by atoms with Gasteiger partial charge in [0, 0.05) is 18.0 Å². The van der Waals surface area contributed by atoms with E-state index >= 15 is 0 Å². The minimum absolute atomic E-state index is 0.0894. The molecule has 3 N–H and O–H groups in total. The summed E-state index contributed by atoms with van der Waals surface area (Å²) in [5.74, 6) is 1.20. The normalized spacial score (nSPS) is 27.5. The van der Waals surface area contributed by atoms with Crippen molar-refractivity contribution >= 4 is 0 Å². The van der Waals surface area contributed by atoms with E-state index in [4.69, 9.17) is 10.5 Å². The average Bonchev–Trinajstić information content (AvgIpc) is 2.67. The van der Waals surface area contributed by atoms with E-state index in [2.05, 4.69) is 13.8 Å². The summed E-state index contributed by atoms with van der Waals surface area (Å²) in [4.78, 5) is 0. The molecule has 1 saturated carbocycles. The number of phenolic OH excluding ortho intramolecular Hbond substituents is 1. The van der Waals surface area contributed by atoms with Crippen LogP contribution in [0.25, 0.3) is 0 Å². The van der Waals surface area contributed by atoms with Crippen molar-refractivity contribution in [3.05, 3.63) is 23.8 Å². The molecule has 0 aliphatic heterocycles. The van der Waals surface area contributed by atoms with Crippen molar-refractivity contribution in [1.82, 2.24) is 0 Å². The molecule has 0 bridgehead atoms. The highest BCUT2D eigenvalue weighted by atomic mass is 16.5. The van der Waals surface area contributed by atoms with Crippen molar-refractivity contribution in [2.45, 2.75) is 25.8 Å². The molecule has 1 fully saturated rings. The third-order valence-electron chi connectivity index (χ3n) is 3.48. The molecule has 3 heteroatoms. The van der Waals surface area contributed by atoms with E-state index in [1.807, 2.05) is 12.1 Å². The number of benzene rings is 1. The maximum Gasteiger partial charge on any atom is 0.122 e. The summed E-state index contributed by atoms with van der Waals surface area (Å²) >= 11 is 0. The molecule has 1 aromatic carbocycles. The van der Waals surface area contributed by atoms with Gasteiger partial charge in [-0.15, -0.1) is 0 Å². The molecule has 3 nitrogen and oxygen atoms in total. The monoisotopic (exact) mass is 207 g/mol. The molecule has 1 aromatic rings. The second-order valence-corrected chi connectivity index (χ2v) is 4.75. The summed E-state index contributed by atoms with van der Waals surface area (Å²) in [7, 11) is 1.58. The number of phenols is 1. The molecule has 82 valence electrons. The van der Waals surface area contributed by atoms with Crippen LogP contribution in [0.5, 0.6) is 11.5 Å². The van der Waals surface area contributed by atoms with Gasteiger partial charge in [0.05, 0.1) is 7.11 Å². The van der Waals surface area contributed by atoms with Gasteiger partial charge in [0.2, 0.25) is 0 Å². The number of nitrogens with two attached hydrogens (primary N) is 1. The second kappa shape index (κ2) is 3.14. The van der Waals surface area contributed by atoms with Gasteiger partial charge < -0.3 is 15.6 Å². The van der Waals surface area contributed by atoms with E-state index < -0.39 is 0 Å². The minimum Gasteiger partial charge on any atom is -0.508 e. The van der Waals surface area contributed by atoms with Crippen LogP contribution in [0.3, 0.4) is 0 Å². The molecular formula is C12H17NO2. The Bertz CT molecular complexity index is 387. The van der Waals surface area contributed by atoms with Crippen LogP contribution < -0.4 is 10.5 Å². The molecule has 0 spiro atoms. The van der Waals surface area contributed by atoms with Gasteiger partial charge in [0.25, 0.3) is 0 Å². The number of rotatable bonds is 2. The zero-order valence-corrected chi connectivity index (χ0v) is 9.32. The molecule has 0 radical (unpaired) electrons. The number of aromatic hydroxyl groups is 1. The lowest BCUT2D eigenvalue weighted by atomic mass is 10.0. The summed E-state index contributed by atoms with van der Waals surface area (Å²) in [6.45, 7) is 4.23. The van der Waals surface area contributed by atoms with Crippen molar-refractivity contribution in [3.8, 4) is 11.5 Å². The van der Waals surface area contributed by atoms with Crippen LogP contribution in [-0.2, 0) is 0 Å². The molecule has 1 aliphatic rings. The van der Waals surface area contributed by atoms with Crippen LogP contribution in [-0.4, -0.2) is 18.3 Å². The Morgan fingerprint density at radius 1 is 1.40 bits per heavy atom. The lowest BCUT2D eigenvalue weighted by Gasteiger charge is -2.07. The molecule has 15 heavy (non-hydrogen) atoms. The van der Waals surface area contributed by atoms with Crippen LogP contribution in [0, 0.1) is 5.41 Å². The fraction of sp³-hybridized carbons (Fsp3) is 0.500. The van der Waals surface area contributed by atoms with Crippen LogP contribution >= 0.6 is 0 Å². The number of methoxy groups -OCH3 is 1. The zero-order chi connectivity index (χ0) is 11.2.